The van der Waals surface area contributed by atoms with Gasteiger partial charge in [-0.15, -0.1) is 0 Å². The molecule has 2 rings (SSSR count). The molecular formula is C13H23NO2. The van der Waals surface area contributed by atoms with Crippen molar-refractivity contribution in [2.24, 2.45) is 17.8 Å². The fourth-order valence-electron chi connectivity index (χ4n) is 3.07. The van der Waals surface area contributed by atoms with Crippen LogP contribution in [-0.4, -0.2) is 24.7 Å². The van der Waals surface area contributed by atoms with E-state index in [1.807, 2.05) is 20.8 Å². The number of rotatable bonds is 2. The number of hydrogen-bond acceptors (Lipinski definition) is 3. The van der Waals surface area contributed by atoms with E-state index in [0.29, 0.717) is 18.3 Å². The molecule has 1 saturated heterocycles. The molecule has 92 valence electrons. The molecule has 0 amide bonds. The third kappa shape index (κ3) is 2.97. The van der Waals surface area contributed by atoms with Crippen LogP contribution in [0, 0.1) is 17.8 Å². The first-order chi connectivity index (χ1) is 7.44. The zero-order valence-electron chi connectivity index (χ0n) is 10.6. The molecule has 0 aromatic carbocycles. The van der Waals surface area contributed by atoms with Crippen LogP contribution in [0.15, 0.2) is 0 Å². The highest BCUT2D eigenvalue weighted by atomic mass is 16.6. The molecule has 1 aliphatic heterocycles. The molecule has 2 fully saturated rings. The Morgan fingerprint density at radius 3 is 2.69 bits per heavy atom. The number of carbonyl (C=O) groups is 1. The fraction of sp³-hybridized carbons (Fsp3) is 0.923. The second-order valence-electron chi connectivity index (χ2n) is 6.31. The average molecular weight is 225 g/mol. The maximum atomic E-state index is 11.8. The predicted molar refractivity (Wildman–Crippen MR) is 63.0 cm³/mol. The van der Waals surface area contributed by atoms with Gasteiger partial charge in [-0.25, -0.2) is 0 Å². The van der Waals surface area contributed by atoms with Crippen LogP contribution < -0.4 is 5.32 Å². The first-order valence-electron chi connectivity index (χ1n) is 6.36. The predicted octanol–water partition coefficient (Wildman–Crippen LogP) is 1.96. The second-order valence-corrected chi connectivity index (χ2v) is 6.31. The van der Waals surface area contributed by atoms with Gasteiger partial charge >= 0.3 is 5.97 Å². The first kappa shape index (κ1) is 11.9. The van der Waals surface area contributed by atoms with E-state index in [9.17, 15) is 4.79 Å². The highest BCUT2D eigenvalue weighted by molar-refractivity contribution is 5.70. The number of nitrogens with one attached hydrogen (secondary N) is 1. The summed E-state index contributed by atoms with van der Waals surface area (Å²) in [5.41, 5.74) is -0.344. The molecule has 0 spiro atoms. The summed E-state index contributed by atoms with van der Waals surface area (Å²) < 4.78 is 5.39. The normalized spacial score (nSPS) is 33.8. The molecular weight excluding hydrogens is 202 g/mol. The van der Waals surface area contributed by atoms with Gasteiger partial charge in [-0.3, -0.25) is 4.79 Å². The molecule has 1 saturated carbocycles. The van der Waals surface area contributed by atoms with E-state index in [1.165, 1.54) is 12.8 Å². The van der Waals surface area contributed by atoms with Gasteiger partial charge in [-0.2, -0.15) is 0 Å². The topological polar surface area (TPSA) is 38.3 Å². The van der Waals surface area contributed by atoms with Crippen molar-refractivity contribution in [3.05, 3.63) is 0 Å². The summed E-state index contributed by atoms with van der Waals surface area (Å²) in [6.45, 7) is 8.02. The highest BCUT2D eigenvalue weighted by Crippen LogP contribution is 2.40. The van der Waals surface area contributed by atoms with Crippen molar-refractivity contribution < 1.29 is 9.53 Å². The minimum Gasteiger partial charge on any atom is -0.460 e. The van der Waals surface area contributed by atoms with Gasteiger partial charge in [0.15, 0.2) is 0 Å². The Morgan fingerprint density at radius 2 is 2.06 bits per heavy atom. The van der Waals surface area contributed by atoms with Gasteiger partial charge < -0.3 is 10.1 Å². The summed E-state index contributed by atoms with van der Waals surface area (Å²) in [4.78, 5) is 11.8. The third-order valence-corrected chi connectivity index (χ3v) is 3.63. The Kier molecular flexibility index (Phi) is 3.24. The van der Waals surface area contributed by atoms with Crippen molar-refractivity contribution in [3.8, 4) is 0 Å². The van der Waals surface area contributed by atoms with E-state index in [-0.39, 0.29) is 11.6 Å². The Labute approximate surface area is 97.9 Å². The average Bonchev–Trinajstić information content (AvgIpc) is 2.38. The van der Waals surface area contributed by atoms with Crippen LogP contribution in [0.5, 0.6) is 0 Å². The summed E-state index contributed by atoms with van der Waals surface area (Å²) in [6, 6.07) is 0. The largest absolute Gasteiger partial charge is 0.460 e. The van der Waals surface area contributed by atoms with Crippen molar-refractivity contribution in [3.63, 3.8) is 0 Å². The Balaban J connectivity index is 1.84. The summed E-state index contributed by atoms with van der Waals surface area (Å²) in [5.74, 6) is 2.03. The number of ether oxygens (including phenoxy) is 1. The Hall–Kier alpha value is -0.570. The van der Waals surface area contributed by atoms with Crippen LogP contribution >= 0.6 is 0 Å². The molecule has 1 aliphatic carbocycles. The quantitative estimate of drug-likeness (QED) is 0.730. The molecule has 3 nitrogen and oxygen atoms in total. The zero-order valence-corrected chi connectivity index (χ0v) is 10.6. The summed E-state index contributed by atoms with van der Waals surface area (Å²) >= 11 is 0. The lowest BCUT2D eigenvalue weighted by Gasteiger charge is -2.24. The fourth-order valence-corrected chi connectivity index (χ4v) is 3.07. The Bertz CT molecular complexity index is 270. The molecule has 2 aliphatic rings. The standard InChI is InChI=1S/C13H23NO2/c1-13(2,3)16-12(15)6-10-4-9-5-11(10)8-14-7-9/h9-11,14H,4-8H2,1-3H3/t9-,10-,11+/m0/s1. The minimum atomic E-state index is -0.344. The van der Waals surface area contributed by atoms with Gasteiger partial charge in [0, 0.05) is 6.42 Å². The van der Waals surface area contributed by atoms with Crippen molar-refractivity contribution in [1.82, 2.24) is 5.32 Å². The number of esters is 1. The smallest absolute Gasteiger partial charge is 0.306 e. The van der Waals surface area contributed by atoms with E-state index in [2.05, 4.69) is 5.32 Å². The van der Waals surface area contributed by atoms with Crippen molar-refractivity contribution in [2.45, 2.75) is 45.6 Å². The highest BCUT2D eigenvalue weighted by Gasteiger charge is 2.38. The van der Waals surface area contributed by atoms with Crippen LogP contribution in [-0.2, 0) is 9.53 Å². The SMILES string of the molecule is CC(C)(C)OC(=O)C[C@@H]1C[C@@H]2CNC[C@H]1C2. The molecule has 16 heavy (non-hydrogen) atoms. The first-order valence-corrected chi connectivity index (χ1v) is 6.36. The van der Waals surface area contributed by atoms with Crippen LogP contribution in [0.25, 0.3) is 0 Å². The van der Waals surface area contributed by atoms with Crippen molar-refractivity contribution >= 4 is 5.97 Å². The molecule has 3 heteroatoms. The maximum Gasteiger partial charge on any atom is 0.306 e. The molecule has 3 atom stereocenters. The molecule has 0 aromatic rings. The van der Waals surface area contributed by atoms with E-state index in [1.54, 1.807) is 0 Å². The number of hydrogen-bond donors (Lipinski definition) is 1. The lowest BCUT2D eigenvalue weighted by atomic mass is 9.92. The molecule has 1 heterocycles. The monoisotopic (exact) mass is 225 g/mol. The van der Waals surface area contributed by atoms with Gasteiger partial charge in [0.05, 0.1) is 0 Å². The van der Waals surface area contributed by atoms with E-state index in [4.69, 9.17) is 4.74 Å². The zero-order chi connectivity index (χ0) is 11.8. The van der Waals surface area contributed by atoms with E-state index in [0.717, 1.165) is 19.0 Å². The second kappa shape index (κ2) is 4.36. The molecule has 0 radical (unpaired) electrons. The summed E-state index contributed by atoms with van der Waals surface area (Å²) in [6.07, 6.45) is 3.12. The molecule has 1 N–H and O–H groups in total. The lowest BCUT2D eigenvalue weighted by Crippen LogP contribution is -2.32. The van der Waals surface area contributed by atoms with E-state index >= 15 is 0 Å². The Morgan fingerprint density at radius 1 is 1.31 bits per heavy atom. The van der Waals surface area contributed by atoms with Gasteiger partial charge in [0.25, 0.3) is 0 Å². The van der Waals surface area contributed by atoms with Crippen LogP contribution in [0.3, 0.4) is 0 Å². The van der Waals surface area contributed by atoms with Crippen molar-refractivity contribution in [1.29, 1.82) is 0 Å². The number of carbonyl (C=O) groups excluding carboxylic acids is 1. The third-order valence-electron chi connectivity index (χ3n) is 3.63. The minimum absolute atomic E-state index is 0.0231. The number of fused-ring (bicyclic) bond motifs is 2. The van der Waals surface area contributed by atoms with Gasteiger partial charge in [0.2, 0.25) is 0 Å². The summed E-state index contributed by atoms with van der Waals surface area (Å²) in [7, 11) is 0. The lowest BCUT2D eigenvalue weighted by molar-refractivity contribution is -0.156. The van der Waals surface area contributed by atoms with Crippen molar-refractivity contribution in [2.75, 3.05) is 13.1 Å². The molecule has 0 aromatic heterocycles. The van der Waals surface area contributed by atoms with Gasteiger partial charge in [0.1, 0.15) is 5.60 Å². The number of piperidine rings is 1. The van der Waals surface area contributed by atoms with Gasteiger partial charge in [-0.05, 0) is 64.5 Å². The summed E-state index contributed by atoms with van der Waals surface area (Å²) in [5, 5.41) is 3.45. The van der Waals surface area contributed by atoms with Crippen LogP contribution in [0.2, 0.25) is 0 Å². The van der Waals surface area contributed by atoms with Crippen LogP contribution in [0.4, 0.5) is 0 Å². The van der Waals surface area contributed by atoms with Crippen LogP contribution in [0.1, 0.15) is 40.0 Å². The molecule has 2 bridgehead atoms. The van der Waals surface area contributed by atoms with Gasteiger partial charge in [-0.1, -0.05) is 0 Å². The molecule has 0 unspecified atom stereocenters. The maximum absolute atomic E-state index is 11.8. The van der Waals surface area contributed by atoms with E-state index < -0.39 is 0 Å².